The predicted molar refractivity (Wildman–Crippen MR) is 105 cm³/mol. The zero-order chi connectivity index (χ0) is 17.7. The maximum atomic E-state index is 13.1. The number of amides is 1. The summed E-state index contributed by atoms with van der Waals surface area (Å²) in [6, 6.07) is 0. The van der Waals surface area contributed by atoms with Gasteiger partial charge in [-0.1, -0.05) is 47.5 Å². The molecule has 0 aliphatic heterocycles. The van der Waals surface area contributed by atoms with Crippen LogP contribution in [0.1, 0.15) is 87.5 Å². The van der Waals surface area contributed by atoms with Crippen LogP contribution in [0.3, 0.4) is 0 Å². The Labute approximate surface area is 152 Å². The molecule has 0 aromatic carbocycles. The number of rotatable bonds is 7. The van der Waals surface area contributed by atoms with Gasteiger partial charge in [-0.3, -0.25) is 4.79 Å². The third-order valence-electron chi connectivity index (χ3n) is 5.46. The van der Waals surface area contributed by atoms with E-state index in [1.54, 1.807) is 0 Å². The van der Waals surface area contributed by atoms with Crippen LogP contribution in [0.5, 0.6) is 0 Å². The second kappa shape index (κ2) is 8.51. The third kappa shape index (κ3) is 4.62. The first-order valence-electron chi connectivity index (χ1n) is 9.77. The molecule has 24 heavy (non-hydrogen) atoms. The molecule has 0 spiro atoms. The summed E-state index contributed by atoms with van der Waals surface area (Å²) in [6.45, 7) is 13.2. The van der Waals surface area contributed by atoms with Crippen molar-refractivity contribution >= 4 is 17.2 Å². The summed E-state index contributed by atoms with van der Waals surface area (Å²) < 4.78 is 0. The summed E-state index contributed by atoms with van der Waals surface area (Å²) in [5.41, 5.74) is 2.73. The van der Waals surface area contributed by atoms with Gasteiger partial charge >= 0.3 is 0 Å². The second-order valence-corrected chi connectivity index (χ2v) is 9.32. The lowest BCUT2D eigenvalue weighted by atomic mass is 9.72. The number of nitrogens with zero attached hydrogens (tertiary/aromatic N) is 1. The van der Waals surface area contributed by atoms with Crippen LogP contribution < -0.4 is 0 Å². The average Bonchev–Trinajstić information content (AvgIpc) is 2.96. The molecule has 2 nitrogen and oxygen atoms in total. The molecule has 1 atom stereocenters. The van der Waals surface area contributed by atoms with E-state index in [-0.39, 0.29) is 5.91 Å². The van der Waals surface area contributed by atoms with Crippen LogP contribution in [-0.2, 0) is 12.8 Å². The molecule has 136 valence electrons. The van der Waals surface area contributed by atoms with Gasteiger partial charge in [0.25, 0.3) is 5.91 Å². The Bertz CT molecular complexity index is 533. The van der Waals surface area contributed by atoms with E-state index in [1.165, 1.54) is 16.9 Å². The molecule has 0 bridgehead atoms. The van der Waals surface area contributed by atoms with E-state index < -0.39 is 0 Å². The molecular weight excluding hydrogens is 314 g/mol. The van der Waals surface area contributed by atoms with Crippen molar-refractivity contribution in [2.45, 2.75) is 79.6 Å². The highest BCUT2D eigenvalue weighted by atomic mass is 32.1. The van der Waals surface area contributed by atoms with Crippen LogP contribution in [0.2, 0.25) is 0 Å². The lowest BCUT2D eigenvalue weighted by molar-refractivity contribution is 0.0750. The molecule has 1 aliphatic rings. The number of carbonyl (C=O) groups is 1. The van der Waals surface area contributed by atoms with E-state index in [0.29, 0.717) is 5.41 Å². The predicted octanol–water partition coefficient (Wildman–Crippen LogP) is 5.94. The second-order valence-electron chi connectivity index (χ2n) is 8.36. The van der Waals surface area contributed by atoms with Gasteiger partial charge in [0.05, 0.1) is 5.56 Å². The number of hydrogen-bond donors (Lipinski definition) is 0. The minimum absolute atomic E-state index is 0.281. The molecule has 1 aromatic heterocycles. The SMILES string of the molecule is CCCCN(CCCC)C(=O)c1csc2c1CCC(C(C)(C)C)C2. The standard InChI is InChI=1S/C21H35NOS/c1-6-8-12-22(13-9-7-2)20(23)18-15-24-19-14-16(21(3,4)5)10-11-17(18)19/h15-16H,6-14H2,1-5H3. The van der Waals surface area contributed by atoms with Crippen molar-refractivity contribution in [1.29, 1.82) is 0 Å². The van der Waals surface area contributed by atoms with Crippen LogP contribution in [-0.4, -0.2) is 23.9 Å². The van der Waals surface area contributed by atoms with Gasteiger partial charge in [0.2, 0.25) is 0 Å². The van der Waals surface area contributed by atoms with E-state index >= 15 is 0 Å². The number of carbonyl (C=O) groups excluding carboxylic acids is 1. The number of thiophene rings is 1. The van der Waals surface area contributed by atoms with Gasteiger partial charge in [-0.2, -0.15) is 0 Å². The van der Waals surface area contributed by atoms with Gasteiger partial charge in [-0.15, -0.1) is 11.3 Å². The molecule has 3 heteroatoms. The van der Waals surface area contributed by atoms with Crippen LogP contribution in [0.25, 0.3) is 0 Å². The highest BCUT2D eigenvalue weighted by molar-refractivity contribution is 7.10. The molecule has 0 radical (unpaired) electrons. The normalized spacial score (nSPS) is 17.6. The topological polar surface area (TPSA) is 20.3 Å². The molecule has 2 rings (SSSR count). The highest BCUT2D eigenvalue weighted by Crippen LogP contribution is 2.40. The van der Waals surface area contributed by atoms with Gasteiger partial charge in [0, 0.05) is 23.3 Å². The molecule has 1 unspecified atom stereocenters. The zero-order valence-electron chi connectivity index (χ0n) is 16.3. The fourth-order valence-corrected chi connectivity index (χ4v) is 4.77. The maximum absolute atomic E-state index is 13.1. The van der Waals surface area contributed by atoms with E-state index in [9.17, 15) is 4.79 Å². The molecule has 1 aromatic rings. The van der Waals surface area contributed by atoms with Gasteiger partial charge in [-0.05, 0) is 49.0 Å². The van der Waals surface area contributed by atoms with Gasteiger partial charge in [-0.25, -0.2) is 0 Å². The quantitative estimate of drug-likeness (QED) is 0.596. The number of fused-ring (bicyclic) bond motifs is 1. The Morgan fingerprint density at radius 1 is 1.21 bits per heavy atom. The minimum Gasteiger partial charge on any atom is -0.339 e. The largest absolute Gasteiger partial charge is 0.339 e. The Morgan fingerprint density at radius 2 is 1.83 bits per heavy atom. The first-order chi connectivity index (χ1) is 11.4. The van der Waals surface area contributed by atoms with Crippen molar-refractivity contribution in [2.75, 3.05) is 13.1 Å². The molecule has 0 N–H and O–H groups in total. The fourth-order valence-electron chi connectivity index (χ4n) is 3.61. The molecular formula is C21H35NOS. The van der Waals surface area contributed by atoms with E-state index in [1.807, 2.05) is 11.3 Å². The third-order valence-corrected chi connectivity index (χ3v) is 6.51. The summed E-state index contributed by atoms with van der Waals surface area (Å²) >= 11 is 1.82. The van der Waals surface area contributed by atoms with Crippen molar-refractivity contribution in [2.24, 2.45) is 11.3 Å². The summed E-state index contributed by atoms with van der Waals surface area (Å²) in [5.74, 6) is 1.02. The Kier molecular flexibility index (Phi) is 6.91. The van der Waals surface area contributed by atoms with E-state index in [0.717, 1.165) is 63.1 Å². The molecule has 1 heterocycles. The Morgan fingerprint density at radius 3 is 2.38 bits per heavy atom. The lowest BCUT2D eigenvalue weighted by Gasteiger charge is -2.34. The summed E-state index contributed by atoms with van der Waals surface area (Å²) in [7, 11) is 0. The first kappa shape index (κ1) is 19.5. The van der Waals surface area contributed by atoms with Gasteiger partial charge < -0.3 is 4.90 Å². The van der Waals surface area contributed by atoms with Crippen LogP contribution in [0.15, 0.2) is 5.38 Å². The van der Waals surface area contributed by atoms with Crippen molar-refractivity contribution in [3.8, 4) is 0 Å². The number of unbranched alkanes of at least 4 members (excludes halogenated alkanes) is 2. The van der Waals surface area contributed by atoms with Crippen molar-refractivity contribution in [1.82, 2.24) is 4.90 Å². The monoisotopic (exact) mass is 349 g/mol. The van der Waals surface area contributed by atoms with Gasteiger partial charge in [0.15, 0.2) is 0 Å². The smallest absolute Gasteiger partial charge is 0.254 e. The maximum Gasteiger partial charge on any atom is 0.254 e. The van der Waals surface area contributed by atoms with E-state index in [4.69, 9.17) is 0 Å². The lowest BCUT2D eigenvalue weighted by Crippen LogP contribution is -2.34. The van der Waals surface area contributed by atoms with Crippen molar-refractivity contribution in [3.63, 3.8) is 0 Å². The fraction of sp³-hybridized carbons (Fsp3) is 0.762. The highest BCUT2D eigenvalue weighted by Gasteiger charge is 2.32. The average molecular weight is 350 g/mol. The van der Waals surface area contributed by atoms with Crippen molar-refractivity contribution < 1.29 is 4.79 Å². The van der Waals surface area contributed by atoms with Crippen LogP contribution in [0.4, 0.5) is 0 Å². The van der Waals surface area contributed by atoms with Crippen LogP contribution >= 0.6 is 11.3 Å². The molecule has 1 aliphatic carbocycles. The summed E-state index contributed by atoms with van der Waals surface area (Å²) in [4.78, 5) is 16.7. The van der Waals surface area contributed by atoms with Gasteiger partial charge in [0.1, 0.15) is 0 Å². The van der Waals surface area contributed by atoms with E-state index in [2.05, 4.69) is 44.9 Å². The molecule has 1 amide bonds. The summed E-state index contributed by atoms with van der Waals surface area (Å²) in [5, 5.41) is 2.14. The van der Waals surface area contributed by atoms with Crippen LogP contribution in [0, 0.1) is 11.3 Å². The Balaban J connectivity index is 2.14. The summed E-state index contributed by atoms with van der Waals surface area (Å²) in [6.07, 6.45) is 7.95. The van der Waals surface area contributed by atoms with Crippen molar-refractivity contribution in [3.05, 3.63) is 21.4 Å². The minimum atomic E-state index is 0.281. The first-order valence-corrected chi connectivity index (χ1v) is 10.6. The number of hydrogen-bond acceptors (Lipinski definition) is 2. The molecule has 0 saturated heterocycles. The zero-order valence-corrected chi connectivity index (χ0v) is 17.1. The Hall–Kier alpha value is -0.830. The molecule has 0 saturated carbocycles. The molecule has 0 fully saturated rings.